The molecule has 0 saturated heterocycles. The van der Waals surface area contributed by atoms with Crippen molar-refractivity contribution in [3.8, 4) is 0 Å². The molecule has 16 heavy (non-hydrogen) atoms. The van der Waals surface area contributed by atoms with Gasteiger partial charge in [0.1, 0.15) is 5.82 Å². The zero-order chi connectivity index (χ0) is 11.5. The van der Waals surface area contributed by atoms with Gasteiger partial charge in [0.25, 0.3) is 0 Å². The Kier molecular flexibility index (Phi) is 3.59. The third-order valence-corrected chi connectivity index (χ3v) is 3.43. The Balaban J connectivity index is 2.17. The molecule has 0 aliphatic carbocycles. The summed E-state index contributed by atoms with van der Waals surface area (Å²) in [5.41, 5.74) is 0.290. The molecule has 2 rings (SSSR count). The number of halogens is 2. The second kappa shape index (κ2) is 4.95. The minimum Gasteiger partial charge on any atom is -0.388 e. The van der Waals surface area contributed by atoms with E-state index >= 15 is 0 Å². The molecule has 4 heteroatoms. The van der Waals surface area contributed by atoms with Gasteiger partial charge in [0.15, 0.2) is 0 Å². The average molecular weight is 257 g/mol. The van der Waals surface area contributed by atoms with Crippen LogP contribution in [-0.2, 0) is 6.42 Å². The molecule has 0 amide bonds. The number of aliphatic hydroxyl groups excluding tert-OH is 1. The Bertz CT molecular complexity index is 470. The number of benzene rings is 1. The van der Waals surface area contributed by atoms with Crippen molar-refractivity contribution in [3.63, 3.8) is 0 Å². The summed E-state index contributed by atoms with van der Waals surface area (Å²) in [5.74, 6) is -0.462. The lowest BCUT2D eigenvalue weighted by Gasteiger charge is -2.10. The molecule has 1 aromatic heterocycles. The van der Waals surface area contributed by atoms with E-state index in [9.17, 15) is 9.50 Å². The molecule has 1 aromatic carbocycles. The van der Waals surface area contributed by atoms with E-state index < -0.39 is 11.9 Å². The summed E-state index contributed by atoms with van der Waals surface area (Å²) in [7, 11) is 0. The van der Waals surface area contributed by atoms with Crippen LogP contribution in [0.5, 0.6) is 0 Å². The lowest BCUT2D eigenvalue weighted by molar-refractivity contribution is 0.174. The molecule has 0 aliphatic rings. The average Bonchev–Trinajstić information content (AvgIpc) is 2.70. The van der Waals surface area contributed by atoms with Crippen LogP contribution in [-0.4, -0.2) is 5.11 Å². The predicted octanol–water partition coefficient (Wildman–Crippen LogP) is 3.82. The second-order valence-electron chi connectivity index (χ2n) is 3.47. The minimum atomic E-state index is -0.823. The van der Waals surface area contributed by atoms with Gasteiger partial charge in [-0.3, -0.25) is 0 Å². The number of aliphatic hydroxyl groups is 1. The van der Waals surface area contributed by atoms with Crippen molar-refractivity contribution in [2.24, 2.45) is 0 Å². The van der Waals surface area contributed by atoms with Gasteiger partial charge in [-0.05, 0) is 23.6 Å². The zero-order valence-electron chi connectivity index (χ0n) is 8.36. The van der Waals surface area contributed by atoms with Crippen LogP contribution in [0.15, 0.2) is 35.7 Å². The second-order valence-corrected chi connectivity index (χ2v) is 4.93. The molecular weight excluding hydrogens is 247 g/mol. The van der Waals surface area contributed by atoms with E-state index in [1.54, 1.807) is 17.4 Å². The molecule has 0 aliphatic heterocycles. The highest BCUT2D eigenvalue weighted by atomic mass is 35.5. The molecule has 0 bridgehead atoms. The number of hydrogen-bond donors (Lipinski definition) is 1. The van der Waals surface area contributed by atoms with Crippen LogP contribution >= 0.6 is 22.9 Å². The maximum Gasteiger partial charge on any atom is 0.130 e. The standard InChI is InChI=1S/C12H10ClFOS/c13-8-3-4-10(11(14)6-8)12(15)7-9-2-1-5-16-9/h1-6,12,15H,7H2. The monoisotopic (exact) mass is 256 g/mol. The summed E-state index contributed by atoms with van der Waals surface area (Å²) in [5, 5.41) is 12.2. The SMILES string of the molecule is OC(Cc1cccs1)c1ccc(Cl)cc1F. The smallest absolute Gasteiger partial charge is 0.130 e. The first kappa shape index (κ1) is 11.6. The summed E-state index contributed by atoms with van der Waals surface area (Å²) in [4.78, 5) is 1.03. The molecule has 0 spiro atoms. The lowest BCUT2D eigenvalue weighted by atomic mass is 10.1. The number of rotatable bonds is 3. The van der Waals surface area contributed by atoms with Crippen molar-refractivity contribution in [2.45, 2.75) is 12.5 Å². The van der Waals surface area contributed by atoms with Gasteiger partial charge in [-0.2, -0.15) is 0 Å². The van der Waals surface area contributed by atoms with Gasteiger partial charge in [0, 0.05) is 21.9 Å². The third-order valence-electron chi connectivity index (χ3n) is 2.30. The highest BCUT2D eigenvalue weighted by molar-refractivity contribution is 7.09. The van der Waals surface area contributed by atoms with Crippen LogP contribution in [0, 0.1) is 5.82 Å². The summed E-state index contributed by atoms with van der Waals surface area (Å²) in [6, 6.07) is 8.15. The Labute approximate surface area is 102 Å². The highest BCUT2D eigenvalue weighted by Crippen LogP contribution is 2.25. The molecular formula is C12H10ClFOS. The van der Waals surface area contributed by atoms with Gasteiger partial charge in [-0.15, -0.1) is 11.3 Å². The first-order valence-electron chi connectivity index (χ1n) is 4.82. The van der Waals surface area contributed by atoms with E-state index in [0.717, 1.165) is 4.88 Å². The molecule has 84 valence electrons. The van der Waals surface area contributed by atoms with Crippen molar-refractivity contribution in [1.82, 2.24) is 0 Å². The normalized spacial score (nSPS) is 12.7. The molecule has 2 aromatic rings. The largest absolute Gasteiger partial charge is 0.388 e. The van der Waals surface area contributed by atoms with Crippen LogP contribution in [0.2, 0.25) is 5.02 Å². The first-order chi connectivity index (χ1) is 7.66. The molecule has 0 fully saturated rings. The summed E-state index contributed by atoms with van der Waals surface area (Å²) >= 11 is 7.19. The predicted molar refractivity (Wildman–Crippen MR) is 64.4 cm³/mol. The fourth-order valence-electron chi connectivity index (χ4n) is 1.50. The van der Waals surface area contributed by atoms with E-state index in [-0.39, 0.29) is 5.56 Å². The van der Waals surface area contributed by atoms with Crippen LogP contribution in [0.4, 0.5) is 4.39 Å². The van der Waals surface area contributed by atoms with E-state index in [4.69, 9.17) is 11.6 Å². The Morgan fingerprint density at radius 3 is 2.81 bits per heavy atom. The van der Waals surface area contributed by atoms with Gasteiger partial charge in [-0.1, -0.05) is 23.7 Å². The Hall–Kier alpha value is -0.900. The molecule has 1 heterocycles. The van der Waals surface area contributed by atoms with Gasteiger partial charge in [0.2, 0.25) is 0 Å². The molecule has 0 saturated carbocycles. The first-order valence-corrected chi connectivity index (χ1v) is 6.08. The van der Waals surface area contributed by atoms with Crippen LogP contribution in [0.1, 0.15) is 16.5 Å². The zero-order valence-corrected chi connectivity index (χ0v) is 9.93. The lowest BCUT2D eigenvalue weighted by Crippen LogP contribution is -2.03. The molecule has 1 N–H and O–H groups in total. The van der Waals surface area contributed by atoms with Crippen molar-refractivity contribution < 1.29 is 9.50 Å². The molecule has 0 radical (unpaired) electrons. The van der Waals surface area contributed by atoms with Gasteiger partial charge in [0.05, 0.1) is 6.10 Å². The number of thiophene rings is 1. The maximum atomic E-state index is 13.5. The van der Waals surface area contributed by atoms with E-state index in [1.165, 1.54) is 12.1 Å². The van der Waals surface area contributed by atoms with Crippen molar-refractivity contribution >= 4 is 22.9 Å². The van der Waals surface area contributed by atoms with E-state index in [0.29, 0.717) is 11.4 Å². The van der Waals surface area contributed by atoms with Gasteiger partial charge in [-0.25, -0.2) is 4.39 Å². The molecule has 1 nitrogen and oxygen atoms in total. The van der Waals surface area contributed by atoms with E-state index in [2.05, 4.69) is 0 Å². The fourth-order valence-corrected chi connectivity index (χ4v) is 2.40. The Morgan fingerprint density at radius 2 is 2.19 bits per heavy atom. The van der Waals surface area contributed by atoms with E-state index in [1.807, 2.05) is 17.5 Å². The highest BCUT2D eigenvalue weighted by Gasteiger charge is 2.14. The van der Waals surface area contributed by atoms with Gasteiger partial charge >= 0.3 is 0 Å². The van der Waals surface area contributed by atoms with Crippen LogP contribution < -0.4 is 0 Å². The summed E-state index contributed by atoms with van der Waals surface area (Å²) < 4.78 is 13.5. The van der Waals surface area contributed by atoms with Crippen molar-refractivity contribution in [1.29, 1.82) is 0 Å². The van der Waals surface area contributed by atoms with Crippen LogP contribution in [0.25, 0.3) is 0 Å². The third kappa shape index (κ3) is 2.61. The fraction of sp³-hybridized carbons (Fsp3) is 0.167. The Morgan fingerprint density at radius 1 is 1.38 bits per heavy atom. The quantitative estimate of drug-likeness (QED) is 0.885. The number of hydrogen-bond acceptors (Lipinski definition) is 2. The van der Waals surface area contributed by atoms with Crippen molar-refractivity contribution in [3.05, 3.63) is 57.0 Å². The maximum absolute atomic E-state index is 13.5. The summed E-state index contributed by atoms with van der Waals surface area (Å²) in [6.45, 7) is 0. The van der Waals surface area contributed by atoms with Crippen LogP contribution in [0.3, 0.4) is 0 Å². The summed E-state index contributed by atoms with van der Waals surface area (Å²) in [6.07, 6.45) is -0.396. The topological polar surface area (TPSA) is 20.2 Å². The van der Waals surface area contributed by atoms with Gasteiger partial charge < -0.3 is 5.11 Å². The minimum absolute atomic E-state index is 0.290. The van der Waals surface area contributed by atoms with Crippen molar-refractivity contribution in [2.75, 3.05) is 0 Å². The molecule has 1 atom stereocenters. The molecule has 1 unspecified atom stereocenters.